The zero-order chi connectivity index (χ0) is 71.1. The number of rotatable bonds is 10. The fourth-order valence-electron chi connectivity index (χ4n) is 18.5. The van der Waals surface area contributed by atoms with E-state index >= 15 is 0 Å². The van der Waals surface area contributed by atoms with Gasteiger partial charge in [0.1, 0.15) is 5.82 Å². The van der Waals surface area contributed by atoms with Gasteiger partial charge < -0.3 is 0 Å². The van der Waals surface area contributed by atoms with Crippen molar-refractivity contribution in [3.05, 3.63) is 408 Å². The largest absolute Gasteiger partial charge is 0.264 e. The van der Waals surface area contributed by atoms with Crippen LogP contribution in [0.5, 0.6) is 0 Å². The molecule has 21 rings (SSSR count). The molecule has 0 amide bonds. The van der Waals surface area contributed by atoms with Crippen LogP contribution in [0.2, 0.25) is 0 Å². The third kappa shape index (κ3) is 9.52. The average Bonchev–Trinajstić information content (AvgIpc) is 1.51. The third-order valence-electron chi connectivity index (χ3n) is 23.1. The van der Waals surface area contributed by atoms with Crippen LogP contribution in [0.4, 0.5) is 0 Å². The maximum Gasteiger partial charge on any atom is 0.160 e. The van der Waals surface area contributed by atoms with Crippen LogP contribution < -0.4 is 0 Å². The van der Waals surface area contributed by atoms with Gasteiger partial charge in [0, 0.05) is 53.2 Å². The van der Waals surface area contributed by atoms with Crippen LogP contribution in [0.1, 0.15) is 61.5 Å². The van der Waals surface area contributed by atoms with Crippen molar-refractivity contribution in [2.45, 2.75) is 31.6 Å². The zero-order valence-corrected chi connectivity index (χ0v) is 59.1. The van der Waals surface area contributed by atoms with Gasteiger partial charge in [0.2, 0.25) is 0 Å². The molecule has 0 fully saturated rings. The van der Waals surface area contributed by atoms with E-state index in [0.29, 0.717) is 11.6 Å². The zero-order valence-electron chi connectivity index (χ0n) is 59.1. The summed E-state index contributed by atoms with van der Waals surface area (Å²) in [5.74, 6) is 1.40. The quantitative estimate of drug-likeness (QED) is 0.136. The molecule has 4 aliphatic carbocycles. The Balaban J connectivity index is 0.662. The summed E-state index contributed by atoms with van der Waals surface area (Å²) < 4.78 is 0. The van der Waals surface area contributed by atoms with Gasteiger partial charge in [-0.25, -0.2) is 19.9 Å². The number of nitrogens with zero attached hydrogens (tertiary/aromatic N) is 6. The van der Waals surface area contributed by atoms with Crippen molar-refractivity contribution in [2.75, 3.05) is 0 Å². The van der Waals surface area contributed by atoms with Gasteiger partial charge >= 0.3 is 0 Å². The molecule has 0 unspecified atom stereocenters. The Kier molecular flexibility index (Phi) is 14.0. The van der Waals surface area contributed by atoms with Gasteiger partial charge in [0.15, 0.2) is 5.82 Å². The summed E-state index contributed by atoms with van der Waals surface area (Å²) in [6.45, 7) is 6.31. The second kappa shape index (κ2) is 24.2. The number of pyridine rings is 2. The van der Waals surface area contributed by atoms with E-state index in [1.54, 1.807) is 0 Å². The minimum absolute atomic E-state index is 0.529. The second-order valence-corrected chi connectivity index (χ2v) is 28.9. The van der Waals surface area contributed by atoms with Gasteiger partial charge in [0.05, 0.1) is 27.9 Å². The molecule has 0 saturated carbocycles. The minimum atomic E-state index is -0.545. The lowest BCUT2D eigenvalue weighted by molar-refractivity contribution is 0.794. The Labute approximate surface area is 621 Å². The SMILES string of the molecule is Cc1nc(-c2cccc(-c3cccc(-c4cc(-c5ccc6c(c5)-c5cc(-c7ccnc(-c8ccccc8-c8ccccc8)n7)ccc5C65c6ccccc6-c6ccccc65)cc(-c5ccncc5C)c4)c3)c2)cc(-c2ccc3c(c2)C2(c4ccccc4-c4ccccc42)c2ccc(-c4ccncc4C)cc2-3)n1. The molecule has 107 heavy (non-hydrogen) atoms. The lowest BCUT2D eigenvalue weighted by Gasteiger charge is -2.30. The Morgan fingerprint density at radius 2 is 0.589 bits per heavy atom. The molecule has 6 nitrogen and oxygen atoms in total. The monoisotopic (exact) mass is 1360 g/mol. The first kappa shape index (κ1) is 61.9. The molecule has 0 radical (unpaired) electrons. The van der Waals surface area contributed by atoms with Crippen LogP contribution in [-0.4, -0.2) is 29.9 Å². The van der Waals surface area contributed by atoms with E-state index in [4.69, 9.17) is 19.9 Å². The van der Waals surface area contributed by atoms with E-state index in [2.05, 4.69) is 333 Å². The summed E-state index contributed by atoms with van der Waals surface area (Å²) in [6.07, 6.45) is 9.63. The first-order valence-corrected chi connectivity index (χ1v) is 36.8. The van der Waals surface area contributed by atoms with Crippen molar-refractivity contribution in [3.8, 4) is 156 Å². The number of aromatic nitrogens is 6. The number of hydrogen-bond donors (Lipinski definition) is 0. The Hall–Kier alpha value is -13.7. The van der Waals surface area contributed by atoms with E-state index in [1.807, 2.05) is 44.0 Å². The number of aryl methyl sites for hydroxylation is 3. The molecule has 0 atom stereocenters. The molecule has 0 bridgehead atoms. The lowest BCUT2D eigenvalue weighted by Crippen LogP contribution is -2.25. The van der Waals surface area contributed by atoms with Gasteiger partial charge in [-0.3, -0.25) is 9.97 Å². The van der Waals surface area contributed by atoms with Gasteiger partial charge in [-0.05, 0) is 267 Å². The summed E-state index contributed by atoms with van der Waals surface area (Å²) in [5, 5.41) is 0. The Morgan fingerprint density at radius 3 is 1.18 bits per heavy atom. The minimum Gasteiger partial charge on any atom is -0.264 e. The summed E-state index contributed by atoms with van der Waals surface area (Å²) in [6, 6.07) is 117. The first-order chi connectivity index (χ1) is 52.7. The molecule has 500 valence electrons. The predicted molar refractivity (Wildman–Crippen MR) is 434 cm³/mol. The highest BCUT2D eigenvalue weighted by Gasteiger charge is 2.53. The molecule has 17 aromatic rings. The Morgan fingerprint density at radius 1 is 0.206 bits per heavy atom. The summed E-state index contributed by atoms with van der Waals surface area (Å²) in [5.41, 5.74) is 41.7. The van der Waals surface area contributed by atoms with E-state index < -0.39 is 10.8 Å². The number of hydrogen-bond acceptors (Lipinski definition) is 6. The van der Waals surface area contributed by atoms with Gasteiger partial charge in [-0.2, -0.15) is 0 Å². The van der Waals surface area contributed by atoms with Crippen LogP contribution in [0.15, 0.2) is 346 Å². The molecule has 4 heterocycles. The normalized spacial score (nSPS) is 13.1. The molecule has 2 spiro atoms. The molecule has 4 aromatic heterocycles. The first-order valence-electron chi connectivity index (χ1n) is 36.8. The highest BCUT2D eigenvalue weighted by molar-refractivity contribution is 6.00. The molecule has 0 saturated heterocycles. The van der Waals surface area contributed by atoms with Crippen molar-refractivity contribution in [3.63, 3.8) is 0 Å². The number of benzene rings is 13. The average molecular weight is 1360 g/mol. The molecular weight excluding hydrogens is 1300 g/mol. The maximum atomic E-state index is 5.37. The molecule has 13 aromatic carbocycles. The van der Waals surface area contributed by atoms with Crippen LogP contribution in [-0.2, 0) is 10.8 Å². The van der Waals surface area contributed by atoms with E-state index in [-0.39, 0.29) is 0 Å². The van der Waals surface area contributed by atoms with Crippen molar-refractivity contribution < 1.29 is 0 Å². The van der Waals surface area contributed by atoms with E-state index in [9.17, 15) is 0 Å². The summed E-state index contributed by atoms with van der Waals surface area (Å²) in [7, 11) is 0. The van der Waals surface area contributed by atoms with Crippen LogP contribution >= 0.6 is 0 Å². The molecule has 0 aliphatic heterocycles. The van der Waals surface area contributed by atoms with Crippen molar-refractivity contribution in [1.29, 1.82) is 0 Å². The molecule has 0 N–H and O–H groups in total. The van der Waals surface area contributed by atoms with Crippen LogP contribution in [0, 0.1) is 20.8 Å². The van der Waals surface area contributed by atoms with Gasteiger partial charge in [-0.1, -0.05) is 237 Å². The summed E-state index contributed by atoms with van der Waals surface area (Å²) in [4.78, 5) is 29.7. The van der Waals surface area contributed by atoms with Gasteiger partial charge in [-0.15, -0.1) is 0 Å². The lowest BCUT2D eigenvalue weighted by atomic mass is 9.70. The van der Waals surface area contributed by atoms with Gasteiger partial charge in [0.25, 0.3) is 0 Å². The topological polar surface area (TPSA) is 77.3 Å². The third-order valence-corrected chi connectivity index (χ3v) is 23.1. The van der Waals surface area contributed by atoms with E-state index in [1.165, 1.54) is 100 Å². The number of fused-ring (bicyclic) bond motifs is 20. The fraction of sp³-hybridized carbons (Fsp3) is 0.0495. The molecule has 6 heteroatoms. The fourth-order valence-corrected chi connectivity index (χ4v) is 18.5. The van der Waals surface area contributed by atoms with E-state index in [0.717, 1.165) is 106 Å². The van der Waals surface area contributed by atoms with Crippen molar-refractivity contribution in [1.82, 2.24) is 29.9 Å². The second-order valence-electron chi connectivity index (χ2n) is 28.9. The van der Waals surface area contributed by atoms with Crippen LogP contribution in [0.3, 0.4) is 0 Å². The van der Waals surface area contributed by atoms with Crippen molar-refractivity contribution >= 4 is 0 Å². The predicted octanol–water partition coefficient (Wildman–Crippen LogP) is 24.3. The maximum absolute atomic E-state index is 5.37. The van der Waals surface area contributed by atoms with Crippen molar-refractivity contribution in [2.24, 2.45) is 0 Å². The smallest absolute Gasteiger partial charge is 0.160 e. The Bertz CT molecular complexity index is 6490. The highest BCUT2D eigenvalue weighted by Crippen LogP contribution is 2.65. The van der Waals surface area contributed by atoms with Crippen LogP contribution in [0.25, 0.3) is 156 Å². The highest BCUT2D eigenvalue weighted by atomic mass is 14.9. The molecular formula is C101H66N6. The molecule has 4 aliphatic rings. The summed E-state index contributed by atoms with van der Waals surface area (Å²) >= 11 is 0. The standard InChI is InChI=1S/C101H66N6/c1-61-59-102-46-43-76(61)69-37-41-92-85(55-69)83-39-35-72(57-95(83)101(92)90-33-15-11-28-81(90)82-29-12-16-34-91(82)101)98-58-97(105-63(3)106-98)70-24-18-22-66(50-70)65-21-17-23-67(49-65)73-51-74(53-75(52-73)77-44-47-103-60-62(77)2)68-36-40-93-86(54-68)87-56-71(38-42-94(87)100(93)88-31-13-9-26-79(88)80-27-10-14-32-89(80)100)96-45-48-104-99(107-96)84-30-8-7-25-78(84)64-19-5-4-6-20-64/h4-60H,1-3H3.